The molecule has 3 rings (SSSR count). The third-order valence-corrected chi connectivity index (χ3v) is 3.90. The van der Waals surface area contributed by atoms with E-state index in [2.05, 4.69) is 39.8 Å². The van der Waals surface area contributed by atoms with Gasteiger partial charge in [-0.3, -0.25) is 5.10 Å². The molecule has 0 unspecified atom stereocenters. The van der Waals surface area contributed by atoms with Crippen LogP contribution < -0.4 is 0 Å². The van der Waals surface area contributed by atoms with Gasteiger partial charge in [-0.25, -0.2) is 0 Å². The van der Waals surface area contributed by atoms with E-state index >= 15 is 0 Å². The predicted octanol–water partition coefficient (Wildman–Crippen LogP) is 3.19. The summed E-state index contributed by atoms with van der Waals surface area (Å²) < 4.78 is 9.71. The number of aromatic nitrogens is 4. The van der Waals surface area contributed by atoms with Crippen LogP contribution >= 0.6 is 12.2 Å². The molecule has 0 aromatic carbocycles. The lowest BCUT2D eigenvalue weighted by molar-refractivity contribution is 0.489. The summed E-state index contributed by atoms with van der Waals surface area (Å²) in [7, 11) is 0. The van der Waals surface area contributed by atoms with Gasteiger partial charge in [0, 0.05) is 17.0 Å². The molecule has 0 spiro atoms. The summed E-state index contributed by atoms with van der Waals surface area (Å²) in [5, 5.41) is 11.2. The summed E-state index contributed by atoms with van der Waals surface area (Å²) in [5.41, 5.74) is 3.33. The van der Waals surface area contributed by atoms with Gasteiger partial charge in [-0.1, -0.05) is 0 Å². The monoisotopic (exact) mass is 315 g/mol. The Morgan fingerprint density at radius 3 is 2.86 bits per heavy atom. The van der Waals surface area contributed by atoms with Crippen LogP contribution in [0.1, 0.15) is 28.5 Å². The molecule has 0 aliphatic rings. The molecule has 114 valence electrons. The maximum atomic E-state index is 5.42. The minimum absolute atomic E-state index is 0.484. The van der Waals surface area contributed by atoms with Crippen molar-refractivity contribution in [1.82, 2.24) is 19.4 Å². The van der Waals surface area contributed by atoms with Gasteiger partial charge in [0.05, 0.1) is 19.0 Å². The van der Waals surface area contributed by atoms with Crippen LogP contribution in [-0.4, -0.2) is 25.7 Å². The second-order valence-electron chi connectivity index (χ2n) is 5.12. The van der Waals surface area contributed by atoms with Crippen molar-refractivity contribution in [2.75, 3.05) is 0 Å². The summed E-state index contributed by atoms with van der Waals surface area (Å²) in [6.45, 7) is 6.70. The smallest absolute Gasteiger partial charge is 0.216 e. The van der Waals surface area contributed by atoms with Crippen molar-refractivity contribution in [3.05, 3.63) is 57.8 Å². The van der Waals surface area contributed by atoms with Crippen molar-refractivity contribution in [3.63, 3.8) is 0 Å². The molecule has 3 heterocycles. The summed E-state index contributed by atoms with van der Waals surface area (Å²) in [6, 6.07) is 5.97. The van der Waals surface area contributed by atoms with Crippen LogP contribution in [0.5, 0.6) is 0 Å². The first kappa shape index (κ1) is 14.5. The predicted molar refractivity (Wildman–Crippen MR) is 86.9 cm³/mol. The van der Waals surface area contributed by atoms with Crippen LogP contribution in [0.15, 0.2) is 34.0 Å². The van der Waals surface area contributed by atoms with Gasteiger partial charge in [-0.2, -0.15) is 14.9 Å². The third-order valence-electron chi connectivity index (χ3n) is 3.63. The quantitative estimate of drug-likeness (QED) is 0.594. The molecule has 22 heavy (non-hydrogen) atoms. The Kier molecular flexibility index (Phi) is 3.81. The van der Waals surface area contributed by atoms with Crippen molar-refractivity contribution in [2.24, 2.45) is 5.10 Å². The van der Waals surface area contributed by atoms with E-state index in [9.17, 15) is 0 Å². The molecule has 0 bridgehead atoms. The largest absolute Gasteiger partial charge is 0.467 e. The zero-order valence-corrected chi connectivity index (χ0v) is 13.5. The molecule has 7 heteroatoms. The fourth-order valence-electron chi connectivity index (χ4n) is 2.39. The minimum atomic E-state index is 0.484. The van der Waals surface area contributed by atoms with Gasteiger partial charge < -0.3 is 8.98 Å². The van der Waals surface area contributed by atoms with Gasteiger partial charge in [-0.15, -0.1) is 0 Å². The lowest BCUT2D eigenvalue weighted by Crippen LogP contribution is -2.03. The zero-order valence-electron chi connectivity index (χ0n) is 12.7. The second-order valence-corrected chi connectivity index (χ2v) is 5.51. The SMILES string of the molecule is Cc1cc(/C=N\n2c(C)n[nH]c2=S)c(C)n1Cc1ccco1. The van der Waals surface area contributed by atoms with Crippen LogP contribution in [0.4, 0.5) is 0 Å². The molecule has 0 saturated carbocycles. The molecule has 0 aliphatic heterocycles. The fourth-order valence-corrected chi connectivity index (χ4v) is 2.61. The number of hydrogen-bond donors (Lipinski definition) is 1. The fraction of sp³-hybridized carbons (Fsp3) is 0.267. The molecule has 0 aliphatic carbocycles. The van der Waals surface area contributed by atoms with Crippen molar-refractivity contribution in [2.45, 2.75) is 27.3 Å². The van der Waals surface area contributed by atoms with Crippen molar-refractivity contribution < 1.29 is 4.42 Å². The summed E-state index contributed by atoms with van der Waals surface area (Å²) >= 11 is 5.14. The molecule has 3 aromatic rings. The Morgan fingerprint density at radius 1 is 1.41 bits per heavy atom. The van der Waals surface area contributed by atoms with Crippen molar-refractivity contribution in [1.29, 1.82) is 0 Å². The highest BCUT2D eigenvalue weighted by molar-refractivity contribution is 7.71. The zero-order chi connectivity index (χ0) is 15.7. The van der Waals surface area contributed by atoms with Gasteiger partial charge in [0.25, 0.3) is 0 Å². The first-order valence-corrected chi connectivity index (χ1v) is 7.34. The average molecular weight is 315 g/mol. The Balaban J connectivity index is 1.91. The molecular weight excluding hydrogens is 298 g/mol. The highest BCUT2D eigenvalue weighted by atomic mass is 32.1. The number of aryl methyl sites for hydroxylation is 2. The maximum Gasteiger partial charge on any atom is 0.216 e. The Bertz CT molecular complexity index is 867. The number of nitrogens with one attached hydrogen (secondary N) is 1. The first-order chi connectivity index (χ1) is 10.6. The van der Waals surface area contributed by atoms with Gasteiger partial charge in [0.2, 0.25) is 4.77 Å². The number of furan rings is 1. The molecule has 3 aromatic heterocycles. The normalized spacial score (nSPS) is 11.6. The van der Waals surface area contributed by atoms with E-state index in [1.807, 2.05) is 19.1 Å². The molecule has 0 fully saturated rings. The molecule has 1 N–H and O–H groups in total. The highest BCUT2D eigenvalue weighted by Crippen LogP contribution is 2.16. The standard InChI is InChI=1S/C15H17N5OS/c1-10-7-13(8-16-20-12(3)17-18-15(20)22)11(2)19(10)9-14-5-4-6-21-14/h4-8H,9H2,1-3H3,(H,18,22)/b16-8-. The molecule has 6 nitrogen and oxygen atoms in total. The maximum absolute atomic E-state index is 5.42. The van der Waals surface area contributed by atoms with Crippen LogP contribution in [-0.2, 0) is 6.54 Å². The average Bonchev–Trinajstić information content (AvgIpc) is 3.17. The van der Waals surface area contributed by atoms with E-state index < -0.39 is 0 Å². The summed E-state index contributed by atoms with van der Waals surface area (Å²) in [5.74, 6) is 1.66. The van der Waals surface area contributed by atoms with Crippen molar-refractivity contribution >= 4 is 18.4 Å². The van der Waals surface area contributed by atoms with E-state index in [0.717, 1.165) is 28.5 Å². The minimum Gasteiger partial charge on any atom is -0.467 e. The van der Waals surface area contributed by atoms with Crippen LogP contribution in [0.2, 0.25) is 0 Å². The van der Waals surface area contributed by atoms with E-state index in [1.54, 1.807) is 17.2 Å². The van der Waals surface area contributed by atoms with Crippen LogP contribution in [0, 0.1) is 25.5 Å². The van der Waals surface area contributed by atoms with Crippen molar-refractivity contribution in [3.8, 4) is 0 Å². The first-order valence-electron chi connectivity index (χ1n) is 6.93. The highest BCUT2D eigenvalue weighted by Gasteiger charge is 2.09. The lowest BCUT2D eigenvalue weighted by atomic mass is 10.3. The van der Waals surface area contributed by atoms with Crippen LogP contribution in [0.3, 0.4) is 0 Å². The Hall–Kier alpha value is -2.41. The number of nitrogens with zero attached hydrogens (tertiary/aromatic N) is 4. The van der Waals surface area contributed by atoms with Gasteiger partial charge in [0.1, 0.15) is 11.6 Å². The van der Waals surface area contributed by atoms with E-state index in [4.69, 9.17) is 16.6 Å². The molecule has 0 atom stereocenters. The molecule has 0 amide bonds. The number of hydrogen-bond acceptors (Lipinski definition) is 4. The van der Waals surface area contributed by atoms with Gasteiger partial charge in [-0.05, 0) is 51.2 Å². The Labute approximate surface area is 133 Å². The third kappa shape index (κ3) is 2.67. The van der Waals surface area contributed by atoms with Gasteiger partial charge in [0.15, 0.2) is 0 Å². The van der Waals surface area contributed by atoms with E-state index in [1.165, 1.54) is 0 Å². The van der Waals surface area contributed by atoms with E-state index in [0.29, 0.717) is 11.3 Å². The molecular formula is C15H17N5OS. The second kappa shape index (κ2) is 5.76. The number of aromatic amines is 1. The topological polar surface area (TPSA) is 64.0 Å². The Morgan fingerprint density at radius 2 is 2.23 bits per heavy atom. The molecule has 0 saturated heterocycles. The number of rotatable bonds is 4. The van der Waals surface area contributed by atoms with Crippen LogP contribution in [0.25, 0.3) is 0 Å². The molecule has 0 radical (unpaired) electrons. The van der Waals surface area contributed by atoms with Gasteiger partial charge >= 0.3 is 0 Å². The summed E-state index contributed by atoms with van der Waals surface area (Å²) in [6.07, 6.45) is 3.49. The summed E-state index contributed by atoms with van der Waals surface area (Å²) in [4.78, 5) is 0. The van der Waals surface area contributed by atoms with E-state index in [-0.39, 0.29) is 0 Å². The number of H-pyrrole nitrogens is 1. The lowest BCUT2D eigenvalue weighted by Gasteiger charge is -2.07.